The van der Waals surface area contributed by atoms with E-state index in [1.807, 2.05) is 0 Å². The lowest BCUT2D eigenvalue weighted by Crippen LogP contribution is -2.16. The monoisotopic (exact) mass is 315 g/mol. The highest BCUT2D eigenvalue weighted by Gasteiger charge is 2.24. The molecule has 0 fully saturated rings. The number of rotatable bonds is 4. The van der Waals surface area contributed by atoms with E-state index in [-0.39, 0.29) is 15.6 Å². The van der Waals surface area contributed by atoms with Crippen LogP contribution < -0.4 is 4.72 Å². The summed E-state index contributed by atoms with van der Waals surface area (Å²) in [5, 5.41) is 1.57. The third-order valence-corrected chi connectivity index (χ3v) is 4.85. The van der Waals surface area contributed by atoms with E-state index in [1.165, 1.54) is 24.2 Å². The Bertz CT molecular complexity index is 746. The molecule has 0 radical (unpaired) electrons. The van der Waals surface area contributed by atoms with Crippen LogP contribution in [0.1, 0.15) is 15.2 Å². The second-order valence-corrected chi connectivity index (χ2v) is 6.61. The van der Waals surface area contributed by atoms with Crippen molar-refractivity contribution in [1.82, 2.24) is 9.55 Å². The van der Waals surface area contributed by atoms with Crippen LogP contribution in [-0.2, 0) is 21.8 Å². The predicted octanol–water partition coefficient (Wildman–Crippen LogP) is 1.38. The molecule has 0 saturated carbocycles. The smallest absolute Gasteiger partial charge is 0.350 e. The normalized spacial score (nSPS) is 11.3. The van der Waals surface area contributed by atoms with Crippen LogP contribution in [-0.4, -0.2) is 31.0 Å². The summed E-state index contributed by atoms with van der Waals surface area (Å²) in [6.07, 6.45) is 2.76. The van der Waals surface area contributed by atoms with E-state index < -0.39 is 16.0 Å². The van der Waals surface area contributed by atoms with Crippen LogP contribution in [0.3, 0.4) is 0 Å². The second kappa shape index (κ2) is 5.25. The number of nitrogens with one attached hydrogen (secondary N) is 1. The fraction of sp³-hybridized carbons (Fsp3) is 0.273. The molecule has 0 aromatic carbocycles. The van der Waals surface area contributed by atoms with E-state index in [2.05, 4.69) is 14.4 Å². The molecular formula is C11H13N3O4S2. The van der Waals surface area contributed by atoms with Gasteiger partial charge in [0.1, 0.15) is 4.88 Å². The van der Waals surface area contributed by atoms with E-state index in [9.17, 15) is 13.2 Å². The summed E-state index contributed by atoms with van der Waals surface area (Å²) in [6, 6.07) is 0. The van der Waals surface area contributed by atoms with E-state index in [0.717, 1.165) is 11.3 Å². The summed E-state index contributed by atoms with van der Waals surface area (Å²) in [4.78, 5) is 15.6. The van der Waals surface area contributed by atoms with Crippen LogP contribution in [0.4, 0.5) is 5.69 Å². The average Bonchev–Trinajstić information content (AvgIpc) is 2.97. The molecule has 1 N–H and O–H groups in total. The van der Waals surface area contributed by atoms with Crippen molar-refractivity contribution in [3.8, 4) is 0 Å². The Hall–Kier alpha value is -1.87. The third-order valence-electron chi connectivity index (χ3n) is 2.54. The van der Waals surface area contributed by atoms with E-state index in [4.69, 9.17) is 0 Å². The maximum Gasteiger partial charge on any atom is 0.350 e. The molecule has 0 bridgehead atoms. The minimum absolute atomic E-state index is 0.110. The average molecular weight is 315 g/mol. The van der Waals surface area contributed by atoms with Crippen molar-refractivity contribution in [3.05, 3.63) is 28.3 Å². The number of ether oxygens (including phenoxy) is 1. The minimum atomic E-state index is -3.83. The first-order chi connectivity index (χ1) is 9.35. The van der Waals surface area contributed by atoms with Gasteiger partial charge in [-0.3, -0.25) is 4.72 Å². The van der Waals surface area contributed by atoms with Crippen LogP contribution in [0.15, 0.2) is 22.9 Å². The summed E-state index contributed by atoms with van der Waals surface area (Å²) in [5.74, 6) is -0.582. The Labute approximate surface area is 120 Å². The molecule has 0 unspecified atom stereocenters. The molecule has 0 atom stereocenters. The fourth-order valence-electron chi connectivity index (χ4n) is 1.53. The maximum atomic E-state index is 12.2. The van der Waals surface area contributed by atoms with Crippen molar-refractivity contribution in [3.63, 3.8) is 0 Å². The fourth-order valence-corrected chi connectivity index (χ4v) is 3.64. The van der Waals surface area contributed by atoms with Gasteiger partial charge in [-0.25, -0.2) is 9.78 Å². The van der Waals surface area contributed by atoms with Crippen LogP contribution in [0, 0.1) is 6.92 Å². The highest BCUT2D eigenvalue weighted by atomic mass is 32.2. The Morgan fingerprint density at radius 3 is 2.75 bits per heavy atom. The Morgan fingerprint density at radius 2 is 2.20 bits per heavy atom. The number of nitrogens with zero attached hydrogens (tertiary/aromatic N) is 2. The van der Waals surface area contributed by atoms with Crippen molar-refractivity contribution in [2.75, 3.05) is 11.8 Å². The molecule has 108 valence electrons. The number of hydrogen-bond donors (Lipinski definition) is 1. The summed E-state index contributed by atoms with van der Waals surface area (Å²) in [7, 11) is -0.919. The van der Waals surface area contributed by atoms with Crippen LogP contribution >= 0.6 is 11.3 Å². The van der Waals surface area contributed by atoms with Crippen molar-refractivity contribution in [2.24, 2.45) is 7.05 Å². The Kier molecular flexibility index (Phi) is 3.82. The maximum absolute atomic E-state index is 12.2. The number of aromatic nitrogens is 2. The summed E-state index contributed by atoms with van der Waals surface area (Å²) in [6.45, 7) is 1.71. The van der Waals surface area contributed by atoms with Crippen molar-refractivity contribution in [1.29, 1.82) is 0 Å². The number of thiophene rings is 1. The van der Waals surface area contributed by atoms with Gasteiger partial charge in [-0.05, 0) is 17.9 Å². The molecule has 2 rings (SSSR count). The molecule has 0 aliphatic rings. The number of aryl methyl sites for hydroxylation is 2. The van der Waals surface area contributed by atoms with E-state index >= 15 is 0 Å². The molecule has 2 heterocycles. The first-order valence-electron chi connectivity index (χ1n) is 5.52. The quantitative estimate of drug-likeness (QED) is 0.861. The summed E-state index contributed by atoms with van der Waals surface area (Å²) >= 11 is 1.12. The lowest BCUT2D eigenvalue weighted by Gasteiger charge is -2.07. The topological polar surface area (TPSA) is 90.3 Å². The lowest BCUT2D eigenvalue weighted by atomic mass is 10.3. The van der Waals surface area contributed by atoms with Crippen molar-refractivity contribution < 1.29 is 17.9 Å². The molecular weight excluding hydrogens is 302 g/mol. The molecule has 0 aliphatic carbocycles. The third kappa shape index (κ3) is 2.68. The highest BCUT2D eigenvalue weighted by Crippen LogP contribution is 2.30. The van der Waals surface area contributed by atoms with Gasteiger partial charge < -0.3 is 9.30 Å². The minimum Gasteiger partial charge on any atom is -0.465 e. The van der Waals surface area contributed by atoms with Crippen LogP contribution in [0.2, 0.25) is 0 Å². The Morgan fingerprint density at radius 1 is 1.50 bits per heavy atom. The zero-order valence-corrected chi connectivity index (χ0v) is 12.7. The van der Waals surface area contributed by atoms with Crippen molar-refractivity contribution >= 4 is 33.0 Å². The molecule has 0 spiro atoms. The van der Waals surface area contributed by atoms with Crippen LogP contribution in [0.25, 0.3) is 0 Å². The molecule has 9 heteroatoms. The molecule has 2 aromatic rings. The molecule has 0 aliphatic heterocycles. The number of imidazole rings is 1. The molecule has 20 heavy (non-hydrogen) atoms. The number of carbonyl (C=O) groups excluding carboxylic acids is 1. The van der Waals surface area contributed by atoms with Crippen LogP contribution in [0.5, 0.6) is 0 Å². The number of hydrogen-bond acceptors (Lipinski definition) is 6. The molecule has 2 aromatic heterocycles. The first-order valence-corrected chi connectivity index (χ1v) is 7.88. The van der Waals surface area contributed by atoms with Gasteiger partial charge in [0, 0.05) is 13.2 Å². The zero-order chi connectivity index (χ0) is 14.9. The number of carbonyl (C=O) groups is 1. The second-order valence-electron chi connectivity index (χ2n) is 4.10. The molecule has 7 nitrogen and oxygen atoms in total. The van der Waals surface area contributed by atoms with E-state index in [1.54, 1.807) is 19.4 Å². The predicted molar refractivity (Wildman–Crippen MR) is 74.4 cm³/mol. The molecule has 0 saturated heterocycles. The number of anilines is 1. The standard InChI is InChI=1S/C11H13N3O4S2/c1-7-5-19-10(11(15)18-3)9(7)13-20(16,17)8-4-14(2)6-12-8/h4-6,13H,1-3H3. The summed E-state index contributed by atoms with van der Waals surface area (Å²) < 4.78 is 32.9. The SMILES string of the molecule is COC(=O)c1scc(C)c1NS(=O)(=O)c1cn(C)cn1. The van der Waals surface area contributed by atoms with Gasteiger partial charge >= 0.3 is 5.97 Å². The largest absolute Gasteiger partial charge is 0.465 e. The van der Waals surface area contributed by atoms with Gasteiger partial charge in [0.15, 0.2) is 5.03 Å². The summed E-state index contributed by atoms with van der Waals surface area (Å²) in [5.41, 5.74) is 0.877. The van der Waals surface area contributed by atoms with E-state index in [0.29, 0.717) is 5.56 Å². The zero-order valence-electron chi connectivity index (χ0n) is 11.1. The Balaban J connectivity index is 2.39. The molecule has 0 amide bonds. The van der Waals surface area contributed by atoms with Gasteiger partial charge in [0.05, 0.1) is 19.1 Å². The highest BCUT2D eigenvalue weighted by molar-refractivity contribution is 7.92. The van der Waals surface area contributed by atoms with Gasteiger partial charge in [0.25, 0.3) is 10.0 Å². The number of sulfonamides is 1. The number of esters is 1. The van der Waals surface area contributed by atoms with Gasteiger partial charge in [-0.15, -0.1) is 11.3 Å². The number of methoxy groups -OCH3 is 1. The van der Waals surface area contributed by atoms with Gasteiger partial charge in [-0.1, -0.05) is 0 Å². The van der Waals surface area contributed by atoms with Gasteiger partial charge in [-0.2, -0.15) is 8.42 Å². The first kappa shape index (κ1) is 14.5. The van der Waals surface area contributed by atoms with Crippen molar-refractivity contribution in [2.45, 2.75) is 11.9 Å². The van der Waals surface area contributed by atoms with Gasteiger partial charge in [0.2, 0.25) is 0 Å². The lowest BCUT2D eigenvalue weighted by molar-refractivity contribution is 0.0607.